The second-order valence-corrected chi connectivity index (χ2v) is 6.31. The van der Waals surface area contributed by atoms with Gasteiger partial charge >= 0.3 is 5.97 Å². The number of hydrogen-bond donors (Lipinski definition) is 2. The number of carboxylic acid groups (broad SMARTS) is 1. The minimum atomic E-state index is -0.923. The lowest BCUT2D eigenvalue weighted by Gasteiger charge is -2.17. The zero-order valence-corrected chi connectivity index (χ0v) is 14.5. The van der Waals surface area contributed by atoms with Crippen LogP contribution in [-0.4, -0.2) is 33.1 Å². The quantitative estimate of drug-likeness (QED) is 0.685. The van der Waals surface area contributed by atoms with Gasteiger partial charge in [-0.3, -0.25) is 9.59 Å². The summed E-state index contributed by atoms with van der Waals surface area (Å²) in [6, 6.07) is 13.3. The smallest absolute Gasteiger partial charge is 0.308 e. The van der Waals surface area contributed by atoms with E-state index in [0.717, 1.165) is 16.3 Å². The van der Waals surface area contributed by atoms with Crippen LogP contribution in [0.15, 0.2) is 61.2 Å². The van der Waals surface area contributed by atoms with E-state index in [1.54, 1.807) is 30.2 Å². The lowest BCUT2D eigenvalue weighted by molar-refractivity contribution is -0.141. The summed E-state index contributed by atoms with van der Waals surface area (Å²) in [5.74, 6) is -1.85. The fourth-order valence-electron chi connectivity index (χ4n) is 2.99. The highest BCUT2D eigenvalue weighted by molar-refractivity contribution is 5.86. The fraction of sp³-hybridized carbons (Fsp3) is 0.250. The second kappa shape index (κ2) is 7.82. The molecule has 2 unspecified atom stereocenters. The molecule has 2 N–H and O–H groups in total. The third-order valence-electron chi connectivity index (χ3n) is 4.57. The van der Waals surface area contributed by atoms with E-state index in [9.17, 15) is 14.7 Å². The molecule has 2 atom stereocenters. The Balaban J connectivity index is 1.69. The average molecular weight is 351 g/mol. The van der Waals surface area contributed by atoms with Gasteiger partial charge < -0.3 is 15.0 Å². The van der Waals surface area contributed by atoms with Crippen molar-refractivity contribution in [3.8, 4) is 0 Å². The predicted molar refractivity (Wildman–Crippen MR) is 98.7 cm³/mol. The Morgan fingerprint density at radius 3 is 2.69 bits per heavy atom. The number of aliphatic carboxylic acids is 1. The van der Waals surface area contributed by atoms with Gasteiger partial charge in [0, 0.05) is 18.9 Å². The minimum Gasteiger partial charge on any atom is -0.481 e. The standard InChI is InChI=1S/C20H21N3O3/c1-14(23-10-9-21-13-23)19(24)22-12-17(20(25)26)11-16-7-4-6-15-5-2-3-8-18(15)16/h2-10,13-14,17H,11-12H2,1H3,(H,22,24)(H,25,26). The van der Waals surface area contributed by atoms with Crippen molar-refractivity contribution in [1.82, 2.24) is 14.9 Å². The van der Waals surface area contributed by atoms with Gasteiger partial charge in [0.2, 0.25) is 5.91 Å². The maximum atomic E-state index is 12.3. The first kappa shape index (κ1) is 17.7. The van der Waals surface area contributed by atoms with E-state index >= 15 is 0 Å². The molecule has 0 saturated heterocycles. The second-order valence-electron chi connectivity index (χ2n) is 6.31. The highest BCUT2D eigenvalue weighted by Crippen LogP contribution is 2.21. The molecule has 6 nitrogen and oxygen atoms in total. The molecule has 0 aliphatic heterocycles. The van der Waals surface area contributed by atoms with Crippen molar-refractivity contribution in [3.63, 3.8) is 0 Å². The van der Waals surface area contributed by atoms with E-state index < -0.39 is 17.9 Å². The molecule has 0 bridgehead atoms. The molecule has 1 aromatic heterocycles. The van der Waals surface area contributed by atoms with Gasteiger partial charge in [0.05, 0.1) is 12.2 Å². The number of benzene rings is 2. The van der Waals surface area contributed by atoms with Crippen LogP contribution in [0.4, 0.5) is 0 Å². The monoisotopic (exact) mass is 351 g/mol. The molecule has 0 radical (unpaired) electrons. The van der Waals surface area contributed by atoms with E-state index in [-0.39, 0.29) is 12.5 Å². The highest BCUT2D eigenvalue weighted by Gasteiger charge is 2.22. The number of nitrogens with zero attached hydrogens (tertiary/aromatic N) is 2. The number of hydrogen-bond acceptors (Lipinski definition) is 3. The van der Waals surface area contributed by atoms with Crippen molar-refractivity contribution >= 4 is 22.6 Å². The van der Waals surface area contributed by atoms with Gasteiger partial charge in [0.1, 0.15) is 6.04 Å². The summed E-state index contributed by atoms with van der Waals surface area (Å²) in [4.78, 5) is 27.9. The van der Waals surface area contributed by atoms with Crippen LogP contribution in [0.1, 0.15) is 18.5 Å². The van der Waals surface area contributed by atoms with Crippen LogP contribution in [0.2, 0.25) is 0 Å². The number of rotatable bonds is 7. The molecule has 0 spiro atoms. The van der Waals surface area contributed by atoms with Crippen LogP contribution < -0.4 is 5.32 Å². The topological polar surface area (TPSA) is 84.2 Å². The summed E-state index contributed by atoms with van der Waals surface area (Å²) in [5.41, 5.74) is 0.965. The van der Waals surface area contributed by atoms with Crippen LogP contribution in [0, 0.1) is 5.92 Å². The number of carbonyl (C=O) groups excluding carboxylic acids is 1. The molecule has 0 fully saturated rings. The van der Waals surface area contributed by atoms with Crippen LogP contribution in [0.25, 0.3) is 10.8 Å². The van der Waals surface area contributed by atoms with Crippen LogP contribution in [0.5, 0.6) is 0 Å². The van der Waals surface area contributed by atoms with E-state index in [4.69, 9.17) is 0 Å². The molecule has 3 rings (SSSR count). The van der Waals surface area contributed by atoms with Gasteiger partial charge in [-0.15, -0.1) is 0 Å². The van der Waals surface area contributed by atoms with E-state index in [1.807, 2.05) is 42.5 Å². The van der Waals surface area contributed by atoms with Gasteiger partial charge in [-0.2, -0.15) is 0 Å². The van der Waals surface area contributed by atoms with E-state index in [2.05, 4.69) is 10.3 Å². The Hall–Kier alpha value is -3.15. The number of imidazole rings is 1. The van der Waals surface area contributed by atoms with Crippen molar-refractivity contribution in [2.24, 2.45) is 5.92 Å². The number of carbonyl (C=O) groups is 2. The summed E-state index contributed by atoms with van der Waals surface area (Å²) < 4.78 is 1.68. The van der Waals surface area contributed by atoms with Gasteiger partial charge in [-0.1, -0.05) is 42.5 Å². The molecule has 3 aromatic rings. The third-order valence-corrected chi connectivity index (χ3v) is 4.57. The summed E-state index contributed by atoms with van der Waals surface area (Å²) in [6.07, 6.45) is 5.23. The molecule has 2 aromatic carbocycles. The Labute approximate surface area is 151 Å². The van der Waals surface area contributed by atoms with Crippen LogP contribution >= 0.6 is 0 Å². The number of amides is 1. The molecule has 134 valence electrons. The summed E-state index contributed by atoms with van der Waals surface area (Å²) >= 11 is 0. The molecule has 0 aliphatic carbocycles. The maximum absolute atomic E-state index is 12.3. The van der Waals surface area contributed by atoms with E-state index in [0.29, 0.717) is 6.42 Å². The predicted octanol–water partition coefficient (Wildman–Crippen LogP) is 2.66. The third kappa shape index (κ3) is 3.91. The maximum Gasteiger partial charge on any atom is 0.308 e. The minimum absolute atomic E-state index is 0.0798. The highest BCUT2D eigenvalue weighted by atomic mass is 16.4. The van der Waals surface area contributed by atoms with E-state index in [1.165, 1.54) is 0 Å². The molecule has 26 heavy (non-hydrogen) atoms. The Bertz CT molecular complexity index is 900. The van der Waals surface area contributed by atoms with Crippen molar-refractivity contribution < 1.29 is 14.7 Å². The summed E-state index contributed by atoms with van der Waals surface area (Å²) in [6.45, 7) is 1.83. The summed E-state index contributed by atoms with van der Waals surface area (Å²) in [5, 5.41) is 14.4. The fourth-order valence-corrected chi connectivity index (χ4v) is 2.99. The first-order chi connectivity index (χ1) is 12.6. The van der Waals surface area contributed by atoms with Crippen molar-refractivity contribution in [2.45, 2.75) is 19.4 Å². The molecule has 6 heteroatoms. The zero-order valence-electron chi connectivity index (χ0n) is 14.5. The van der Waals surface area contributed by atoms with Gasteiger partial charge in [-0.05, 0) is 29.7 Å². The number of aromatic nitrogens is 2. The van der Waals surface area contributed by atoms with Crippen LogP contribution in [-0.2, 0) is 16.0 Å². The van der Waals surface area contributed by atoms with Crippen molar-refractivity contribution in [2.75, 3.05) is 6.54 Å². The van der Waals surface area contributed by atoms with Crippen molar-refractivity contribution in [1.29, 1.82) is 0 Å². The Morgan fingerprint density at radius 2 is 1.96 bits per heavy atom. The summed E-state index contributed by atoms with van der Waals surface area (Å²) in [7, 11) is 0. The number of carboxylic acids is 1. The SMILES string of the molecule is CC(C(=O)NCC(Cc1cccc2ccccc12)C(=O)O)n1ccnc1. The molecule has 0 aliphatic rings. The normalized spacial score (nSPS) is 13.3. The largest absolute Gasteiger partial charge is 0.481 e. The number of fused-ring (bicyclic) bond motifs is 1. The molecule has 1 heterocycles. The molecular formula is C20H21N3O3. The molecule has 1 amide bonds. The Kier molecular flexibility index (Phi) is 5.31. The van der Waals surface area contributed by atoms with Gasteiger partial charge in [-0.25, -0.2) is 4.98 Å². The van der Waals surface area contributed by atoms with Crippen molar-refractivity contribution in [3.05, 3.63) is 66.7 Å². The lowest BCUT2D eigenvalue weighted by Crippen LogP contribution is -2.37. The first-order valence-corrected chi connectivity index (χ1v) is 8.51. The number of nitrogens with one attached hydrogen (secondary N) is 1. The lowest BCUT2D eigenvalue weighted by atomic mass is 9.94. The average Bonchev–Trinajstić information content (AvgIpc) is 3.18. The molecular weight excluding hydrogens is 330 g/mol. The first-order valence-electron chi connectivity index (χ1n) is 8.51. The van der Waals surface area contributed by atoms with Crippen LogP contribution in [0.3, 0.4) is 0 Å². The zero-order chi connectivity index (χ0) is 18.5. The van der Waals surface area contributed by atoms with Gasteiger partial charge in [0.25, 0.3) is 0 Å². The van der Waals surface area contributed by atoms with Gasteiger partial charge in [0.15, 0.2) is 0 Å². The Morgan fingerprint density at radius 1 is 1.19 bits per heavy atom. The molecule has 0 saturated carbocycles.